The molecule has 0 atom stereocenters. The highest BCUT2D eigenvalue weighted by Crippen LogP contribution is 2.30. The molecule has 1 N–H and O–H groups in total. The third-order valence-electron chi connectivity index (χ3n) is 3.79. The zero-order valence-electron chi connectivity index (χ0n) is 15.0. The molecule has 0 fully saturated rings. The van der Waals surface area contributed by atoms with Crippen LogP contribution in [0.5, 0.6) is 5.75 Å². The Morgan fingerprint density at radius 2 is 1.80 bits per heavy atom. The monoisotopic (exact) mass is 365 g/mol. The smallest absolute Gasteiger partial charge is 0.240 e. The fourth-order valence-electron chi connectivity index (χ4n) is 2.42. The molecular formula is C19H24FNO3S. The first kappa shape index (κ1) is 19.4. The van der Waals surface area contributed by atoms with E-state index in [0.717, 1.165) is 17.4 Å². The molecule has 0 aromatic heterocycles. The minimum atomic E-state index is -3.69. The predicted molar refractivity (Wildman–Crippen MR) is 97.0 cm³/mol. The Labute approximate surface area is 149 Å². The van der Waals surface area contributed by atoms with Gasteiger partial charge in [-0.15, -0.1) is 0 Å². The van der Waals surface area contributed by atoms with Crippen molar-refractivity contribution in [2.75, 3.05) is 13.2 Å². The zero-order chi connectivity index (χ0) is 18.7. The van der Waals surface area contributed by atoms with Crippen molar-refractivity contribution in [2.45, 2.75) is 38.0 Å². The van der Waals surface area contributed by atoms with Gasteiger partial charge in [0.05, 0.1) is 4.90 Å². The van der Waals surface area contributed by atoms with Gasteiger partial charge in [0.25, 0.3) is 0 Å². The van der Waals surface area contributed by atoms with Gasteiger partial charge in [0.2, 0.25) is 10.0 Å². The quantitative estimate of drug-likeness (QED) is 0.793. The molecule has 25 heavy (non-hydrogen) atoms. The molecule has 136 valence electrons. The summed E-state index contributed by atoms with van der Waals surface area (Å²) in [5.74, 6) is 0.313. The number of hydrogen-bond acceptors (Lipinski definition) is 3. The van der Waals surface area contributed by atoms with Gasteiger partial charge in [-0.2, -0.15) is 0 Å². The Morgan fingerprint density at radius 1 is 1.12 bits per heavy atom. The second kappa shape index (κ2) is 7.54. The van der Waals surface area contributed by atoms with Crippen molar-refractivity contribution in [3.05, 3.63) is 59.4 Å². The van der Waals surface area contributed by atoms with Crippen molar-refractivity contribution in [1.82, 2.24) is 4.72 Å². The number of benzene rings is 2. The molecule has 4 nitrogen and oxygen atoms in total. The van der Waals surface area contributed by atoms with Gasteiger partial charge in [-0.3, -0.25) is 0 Å². The summed E-state index contributed by atoms with van der Waals surface area (Å²) in [6, 6.07) is 11.4. The molecule has 0 spiro atoms. The maximum atomic E-state index is 13.3. The molecule has 6 heteroatoms. The summed E-state index contributed by atoms with van der Waals surface area (Å²) in [5, 5.41) is 0. The van der Waals surface area contributed by atoms with E-state index in [0.29, 0.717) is 5.56 Å². The van der Waals surface area contributed by atoms with Gasteiger partial charge in [-0.25, -0.2) is 17.5 Å². The Bertz CT molecular complexity index is 842. The number of ether oxygens (including phenoxy) is 1. The lowest BCUT2D eigenvalue weighted by molar-refractivity contribution is 0.314. The molecule has 0 radical (unpaired) electrons. The summed E-state index contributed by atoms with van der Waals surface area (Å²) < 4.78 is 46.0. The van der Waals surface area contributed by atoms with Crippen molar-refractivity contribution >= 4 is 10.0 Å². The van der Waals surface area contributed by atoms with Gasteiger partial charge >= 0.3 is 0 Å². The topological polar surface area (TPSA) is 55.4 Å². The number of para-hydroxylation sites is 1. The van der Waals surface area contributed by atoms with Crippen LogP contribution in [0.25, 0.3) is 0 Å². The highest BCUT2D eigenvalue weighted by molar-refractivity contribution is 7.89. The van der Waals surface area contributed by atoms with Crippen molar-refractivity contribution in [3.8, 4) is 5.75 Å². The van der Waals surface area contributed by atoms with Crippen LogP contribution < -0.4 is 9.46 Å². The van der Waals surface area contributed by atoms with Gasteiger partial charge in [-0.05, 0) is 47.7 Å². The molecule has 0 aliphatic carbocycles. The van der Waals surface area contributed by atoms with Gasteiger partial charge in [-0.1, -0.05) is 39.0 Å². The van der Waals surface area contributed by atoms with Crippen LogP contribution in [0.15, 0.2) is 47.4 Å². The zero-order valence-corrected chi connectivity index (χ0v) is 15.8. The van der Waals surface area contributed by atoms with Crippen LogP contribution in [0.1, 0.15) is 31.9 Å². The molecule has 0 heterocycles. The second-order valence-corrected chi connectivity index (χ2v) is 8.67. The van der Waals surface area contributed by atoms with E-state index in [9.17, 15) is 12.8 Å². The normalized spacial score (nSPS) is 12.2. The first-order valence-electron chi connectivity index (χ1n) is 8.09. The minimum absolute atomic E-state index is 0.0430. The van der Waals surface area contributed by atoms with Gasteiger partial charge < -0.3 is 4.74 Å². The molecule has 2 rings (SSSR count). The first-order chi connectivity index (χ1) is 11.6. The van der Waals surface area contributed by atoms with Crippen LogP contribution >= 0.6 is 0 Å². The molecule has 0 aliphatic heterocycles. The number of nitrogens with one attached hydrogen (secondary N) is 1. The van der Waals surface area contributed by atoms with E-state index >= 15 is 0 Å². The van der Waals surface area contributed by atoms with Crippen LogP contribution in [0, 0.1) is 12.7 Å². The molecule has 0 bridgehead atoms. The average molecular weight is 365 g/mol. The second-order valence-electron chi connectivity index (χ2n) is 6.90. The molecule has 0 unspecified atom stereocenters. The molecule has 2 aromatic carbocycles. The summed E-state index contributed by atoms with van der Waals surface area (Å²) in [6.45, 7) is 8.13. The van der Waals surface area contributed by atoms with Crippen LogP contribution in [0.2, 0.25) is 0 Å². The standard InChI is InChI=1S/C19H24FNO3S/c1-14-13-15(9-10-17(14)20)25(22,23)21-11-12-24-18-8-6-5-7-16(18)19(2,3)4/h5-10,13,21H,11-12H2,1-4H3. The molecule has 0 amide bonds. The van der Waals surface area contributed by atoms with Crippen LogP contribution in [0.4, 0.5) is 4.39 Å². The summed E-state index contributed by atoms with van der Waals surface area (Å²) >= 11 is 0. The largest absolute Gasteiger partial charge is 0.492 e. The average Bonchev–Trinajstić information content (AvgIpc) is 2.53. The van der Waals surface area contributed by atoms with E-state index in [2.05, 4.69) is 25.5 Å². The number of sulfonamides is 1. The Balaban J connectivity index is 1.98. The minimum Gasteiger partial charge on any atom is -0.492 e. The maximum absolute atomic E-state index is 13.3. The van der Waals surface area contributed by atoms with Crippen molar-refractivity contribution in [2.24, 2.45) is 0 Å². The number of rotatable bonds is 6. The summed E-state index contributed by atoms with van der Waals surface area (Å²) in [4.78, 5) is 0.0430. The van der Waals surface area contributed by atoms with E-state index in [1.807, 2.05) is 24.3 Å². The fraction of sp³-hybridized carbons (Fsp3) is 0.368. The maximum Gasteiger partial charge on any atom is 0.240 e. The molecule has 0 aliphatic rings. The van der Waals surface area contributed by atoms with E-state index in [1.54, 1.807) is 0 Å². The fourth-order valence-corrected chi connectivity index (χ4v) is 3.51. The third kappa shape index (κ3) is 5.03. The summed E-state index contributed by atoms with van der Waals surface area (Å²) in [6.07, 6.45) is 0. The van der Waals surface area contributed by atoms with E-state index in [1.165, 1.54) is 19.1 Å². The summed E-state index contributed by atoms with van der Waals surface area (Å²) in [5.41, 5.74) is 1.28. The SMILES string of the molecule is Cc1cc(S(=O)(=O)NCCOc2ccccc2C(C)(C)C)ccc1F. The van der Waals surface area contributed by atoms with Crippen molar-refractivity contribution < 1.29 is 17.5 Å². The van der Waals surface area contributed by atoms with E-state index < -0.39 is 15.8 Å². The number of halogens is 1. The van der Waals surface area contributed by atoms with Crippen molar-refractivity contribution in [1.29, 1.82) is 0 Å². The lowest BCUT2D eigenvalue weighted by Crippen LogP contribution is -2.28. The molecular weight excluding hydrogens is 341 g/mol. The molecule has 0 saturated heterocycles. The van der Waals surface area contributed by atoms with Crippen LogP contribution in [-0.2, 0) is 15.4 Å². The Hall–Kier alpha value is -1.92. The highest BCUT2D eigenvalue weighted by Gasteiger charge is 2.19. The molecule has 2 aromatic rings. The van der Waals surface area contributed by atoms with Gasteiger partial charge in [0.15, 0.2) is 0 Å². The molecule has 0 saturated carbocycles. The Kier molecular flexibility index (Phi) is 5.85. The third-order valence-corrected chi connectivity index (χ3v) is 5.25. The number of hydrogen-bond donors (Lipinski definition) is 1. The van der Waals surface area contributed by atoms with Crippen LogP contribution in [0.3, 0.4) is 0 Å². The number of aryl methyl sites for hydroxylation is 1. The first-order valence-corrected chi connectivity index (χ1v) is 9.58. The van der Waals surface area contributed by atoms with Crippen molar-refractivity contribution in [3.63, 3.8) is 0 Å². The lowest BCUT2D eigenvalue weighted by Gasteiger charge is -2.22. The van der Waals surface area contributed by atoms with Crippen LogP contribution in [-0.4, -0.2) is 21.6 Å². The summed E-state index contributed by atoms with van der Waals surface area (Å²) in [7, 11) is -3.69. The lowest BCUT2D eigenvalue weighted by atomic mass is 9.86. The Morgan fingerprint density at radius 3 is 2.44 bits per heavy atom. The highest BCUT2D eigenvalue weighted by atomic mass is 32.2. The van der Waals surface area contributed by atoms with E-state index in [-0.39, 0.29) is 23.5 Å². The van der Waals surface area contributed by atoms with Gasteiger partial charge in [0, 0.05) is 6.54 Å². The predicted octanol–water partition coefficient (Wildman–Crippen LogP) is 3.79. The van der Waals surface area contributed by atoms with E-state index in [4.69, 9.17) is 4.74 Å². The van der Waals surface area contributed by atoms with Gasteiger partial charge in [0.1, 0.15) is 18.2 Å².